The first-order chi connectivity index (χ1) is 9.16. The van der Waals surface area contributed by atoms with Crippen molar-refractivity contribution in [2.45, 2.75) is 0 Å². The zero-order valence-corrected chi connectivity index (χ0v) is 11.2. The van der Waals surface area contributed by atoms with Gasteiger partial charge in [-0.25, -0.2) is 0 Å². The van der Waals surface area contributed by atoms with Crippen molar-refractivity contribution in [3.63, 3.8) is 0 Å². The van der Waals surface area contributed by atoms with Crippen LogP contribution in [0.5, 0.6) is 0 Å². The summed E-state index contributed by atoms with van der Waals surface area (Å²) < 4.78 is 5.53. The molecule has 2 aromatic carbocycles. The fourth-order valence-electron chi connectivity index (χ4n) is 1.92. The second-order valence-corrected chi connectivity index (χ2v) is 4.89. The van der Waals surface area contributed by atoms with Crippen LogP contribution in [0.25, 0.3) is 11.0 Å². The summed E-state index contributed by atoms with van der Waals surface area (Å²) in [6, 6.07) is 13.9. The van der Waals surface area contributed by atoms with Crippen LogP contribution < -0.4 is 0 Å². The predicted molar refractivity (Wildman–Crippen MR) is 76.1 cm³/mol. The number of furan rings is 1. The third kappa shape index (κ3) is 2.14. The van der Waals surface area contributed by atoms with Gasteiger partial charge in [-0.15, -0.1) is 0 Å². The van der Waals surface area contributed by atoms with Gasteiger partial charge in [-0.1, -0.05) is 47.5 Å². The maximum Gasteiger partial charge on any atom is 0.229 e. The molecule has 19 heavy (non-hydrogen) atoms. The lowest BCUT2D eigenvalue weighted by Crippen LogP contribution is -1.99. The largest absolute Gasteiger partial charge is 0.451 e. The molecule has 0 amide bonds. The second-order valence-electron chi connectivity index (χ2n) is 4.08. The zero-order valence-electron chi connectivity index (χ0n) is 9.69. The number of carbonyl (C=O) groups is 1. The molecule has 4 heteroatoms. The molecule has 94 valence electrons. The fourth-order valence-corrected chi connectivity index (χ4v) is 2.36. The van der Waals surface area contributed by atoms with Gasteiger partial charge in [-0.3, -0.25) is 4.79 Å². The Bertz CT molecular complexity index is 775. The molecule has 0 saturated heterocycles. The number of ketones is 1. The Morgan fingerprint density at radius 2 is 1.68 bits per heavy atom. The van der Waals surface area contributed by atoms with Gasteiger partial charge in [0, 0.05) is 10.9 Å². The van der Waals surface area contributed by atoms with Crippen molar-refractivity contribution in [1.82, 2.24) is 0 Å². The van der Waals surface area contributed by atoms with E-state index in [9.17, 15) is 4.79 Å². The van der Waals surface area contributed by atoms with E-state index in [1.807, 2.05) is 12.1 Å². The Hall–Kier alpha value is -1.77. The minimum absolute atomic E-state index is 0.233. The van der Waals surface area contributed by atoms with Crippen LogP contribution in [0.3, 0.4) is 0 Å². The van der Waals surface area contributed by atoms with Crippen LogP contribution in [0, 0.1) is 0 Å². The van der Waals surface area contributed by atoms with Crippen LogP contribution in [0.4, 0.5) is 0 Å². The van der Waals surface area contributed by atoms with Gasteiger partial charge in [0.15, 0.2) is 11.3 Å². The van der Waals surface area contributed by atoms with Crippen molar-refractivity contribution in [2.24, 2.45) is 0 Å². The molecule has 2 nitrogen and oxygen atoms in total. The summed E-state index contributed by atoms with van der Waals surface area (Å²) in [5, 5.41) is 1.68. The lowest BCUT2D eigenvalue weighted by atomic mass is 10.1. The molecule has 0 aliphatic heterocycles. The third-order valence-electron chi connectivity index (χ3n) is 2.84. The van der Waals surface area contributed by atoms with E-state index in [4.69, 9.17) is 27.6 Å². The van der Waals surface area contributed by atoms with Crippen molar-refractivity contribution in [3.05, 3.63) is 69.9 Å². The highest BCUT2D eigenvalue weighted by molar-refractivity contribution is 6.36. The molecule has 0 radical (unpaired) electrons. The highest BCUT2D eigenvalue weighted by Gasteiger charge is 2.17. The van der Waals surface area contributed by atoms with Gasteiger partial charge in [0.1, 0.15) is 0 Å². The summed E-state index contributed by atoms with van der Waals surface area (Å²) in [7, 11) is 0. The molecule has 0 N–H and O–H groups in total. The van der Waals surface area contributed by atoms with Gasteiger partial charge < -0.3 is 4.42 Å². The summed E-state index contributed by atoms with van der Waals surface area (Å²) in [6.45, 7) is 0. The van der Waals surface area contributed by atoms with Crippen LogP contribution in [0.15, 0.2) is 52.9 Å². The summed E-state index contributed by atoms with van der Waals surface area (Å²) >= 11 is 12.0. The molecular weight excluding hydrogens is 283 g/mol. The Morgan fingerprint density at radius 3 is 2.42 bits per heavy atom. The van der Waals surface area contributed by atoms with Crippen molar-refractivity contribution in [3.8, 4) is 0 Å². The number of fused-ring (bicyclic) bond motifs is 1. The predicted octanol–water partition coefficient (Wildman–Crippen LogP) is 4.97. The van der Waals surface area contributed by atoms with E-state index in [1.165, 1.54) is 0 Å². The van der Waals surface area contributed by atoms with Crippen molar-refractivity contribution in [2.75, 3.05) is 0 Å². The fraction of sp³-hybridized carbons (Fsp3) is 0. The van der Waals surface area contributed by atoms with Gasteiger partial charge in [-0.05, 0) is 24.3 Å². The summed E-state index contributed by atoms with van der Waals surface area (Å²) in [6.07, 6.45) is 0. The minimum atomic E-state index is -0.252. The summed E-state index contributed by atoms with van der Waals surface area (Å²) in [4.78, 5) is 12.3. The van der Waals surface area contributed by atoms with Crippen LogP contribution in [0.2, 0.25) is 10.0 Å². The number of benzene rings is 2. The van der Waals surface area contributed by atoms with E-state index in [-0.39, 0.29) is 11.5 Å². The second kappa shape index (κ2) is 4.72. The zero-order chi connectivity index (χ0) is 13.4. The topological polar surface area (TPSA) is 30.2 Å². The third-order valence-corrected chi connectivity index (χ3v) is 3.47. The first-order valence-corrected chi connectivity index (χ1v) is 6.39. The van der Waals surface area contributed by atoms with Crippen LogP contribution >= 0.6 is 23.2 Å². The molecule has 0 fully saturated rings. The quantitative estimate of drug-likeness (QED) is 0.624. The molecule has 0 atom stereocenters. The molecule has 0 saturated carbocycles. The average Bonchev–Trinajstić information content (AvgIpc) is 2.84. The maximum absolute atomic E-state index is 12.3. The van der Waals surface area contributed by atoms with E-state index in [0.717, 1.165) is 5.39 Å². The van der Waals surface area contributed by atoms with Crippen molar-refractivity contribution < 1.29 is 9.21 Å². The van der Waals surface area contributed by atoms with Crippen molar-refractivity contribution >= 4 is 40.0 Å². The number of hydrogen-bond donors (Lipinski definition) is 0. The Kier molecular flexibility index (Phi) is 3.05. The lowest BCUT2D eigenvalue weighted by Gasteiger charge is -1.99. The first kappa shape index (κ1) is 12.3. The Labute approximate surface area is 119 Å². The standard InChI is InChI=1S/C15H8Cl2O2/c16-11-6-2-1-5-10(11)14(18)13-8-9-4-3-7-12(17)15(9)19-13/h1-8H. The van der Waals surface area contributed by atoms with E-state index in [1.54, 1.807) is 36.4 Å². The number of para-hydroxylation sites is 1. The minimum Gasteiger partial charge on any atom is -0.451 e. The highest BCUT2D eigenvalue weighted by Crippen LogP contribution is 2.28. The molecule has 0 aliphatic carbocycles. The lowest BCUT2D eigenvalue weighted by molar-refractivity contribution is 0.101. The van der Waals surface area contributed by atoms with Crippen molar-refractivity contribution in [1.29, 1.82) is 0 Å². The highest BCUT2D eigenvalue weighted by atomic mass is 35.5. The molecule has 3 rings (SSSR count). The van der Waals surface area contributed by atoms with Crippen LogP contribution in [-0.2, 0) is 0 Å². The summed E-state index contributed by atoms with van der Waals surface area (Å²) in [5.41, 5.74) is 0.930. The first-order valence-electron chi connectivity index (χ1n) is 5.64. The van der Waals surface area contributed by atoms with E-state index >= 15 is 0 Å². The van der Waals surface area contributed by atoms with E-state index < -0.39 is 0 Å². The van der Waals surface area contributed by atoms with Gasteiger partial charge >= 0.3 is 0 Å². The van der Waals surface area contributed by atoms with Gasteiger partial charge in [0.2, 0.25) is 5.78 Å². The molecule has 0 unspecified atom stereocenters. The van der Waals surface area contributed by atoms with Gasteiger partial charge in [0.05, 0.1) is 10.0 Å². The normalized spacial score (nSPS) is 10.8. The van der Waals surface area contributed by atoms with Crippen LogP contribution in [-0.4, -0.2) is 5.78 Å². The Morgan fingerprint density at radius 1 is 0.947 bits per heavy atom. The average molecular weight is 291 g/mol. The Balaban J connectivity index is 2.12. The molecule has 3 aromatic rings. The smallest absolute Gasteiger partial charge is 0.229 e. The molecule has 1 heterocycles. The monoisotopic (exact) mass is 290 g/mol. The molecule has 0 aliphatic rings. The number of rotatable bonds is 2. The SMILES string of the molecule is O=C(c1cc2cccc(Cl)c2o1)c1ccccc1Cl. The van der Waals surface area contributed by atoms with E-state index in [0.29, 0.717) is 21.2 Å². The molecular formula is C15H8Cl2O2. The molecule has 1 aromatic heterocycles. The molecule has 0 bridgehead atoms. The maximum atomic E-state index is 12.3. The van der Waals surface area contributed by atoms with E-state index in [2.05, 4.69) is 0 Å². The van der Waals surface area contributed by atoms with Gasteiger partial charge in [0.25, 0.3) is 0 Å². The number of carbonyl (C=O) groups excluding carboxylic acids is 1. The summed E-state index contributed by atoms with van der Waals surface area (Å²) in [5.74, 6) is -0.0194. The molecule has 0 spiro atoms. The van der Waals surface area contributed by atoms with Crippen LogP contribution in [0.1, 0.15) is 16.1 Å². The van der Waals surface area contributed by atoms with Gasteiger partial charge in [-0.2, -0.15) is 0 Å². The number of hydrogen-bond acceptors (Lipinski definition) is 2. The number of halogens is 2.